The van der Waals surface area contributed by atoms with E-state index in [0.717, 1.165) is 0 Å². The van der Waals surface area contributed by atoms with Crippen LogP contribution in [-0.4, -0.2) is 16.2 Å². The summed E-state index contributed by atoms with van der Waals surface area (Å²) in [4.78, 5) is 19.8. The summed E-state index contributed by atoms with van der Waals surface area (Å²) in [7, 11) is 0. The number of nitro groups is 1. The second-order valence-electron chi connectivity index (χ2n) is 2.14. The predicted octanol–water partition coefficient (Wildman–Crippen LogP) is 0.818. The molecule has 0 fully saturated rings. The van der Waals surface area contributed by atoms with Gasteiger partial charge in [0.25, 0.3) is 5.69 Å². The predicted molar refractivity (Wildman–Crippen MR) is 42.7 cm³/mol. The van der Waals surface area contributed by atoms with Crippen LogP contribution in [-0.2, 0) is 0 Å². The number of benzene rings is 1. The number of non-ortho nitro benzene ring substituents is 1. The SMILES string of the molecule is O=C([OH2+])Oc1ccc([N+](=O)[O-])cc1. The van der Waals surface area contributed by atoms with Crippen molar-refractivity contribution in [3.8, 4) is 5.75 Å². The van der Waals surface area contributed by atoms with Crippen molar-refractivity contribution < 1.29 is 19.6 Å². The quantitative estimate of drug-likeness (QED) is 0.223. The summed E-state index contributed by atoms with van der Waals surface area (Å²) in [5.74, 6) is 0.116. The molecule has 0 unspecified atom stereocenters. The first-order chi connectivity index (χ1) is 6.09. The molecule has 0 heterocycles. The van der Waals surface area contributed by atoms with Crippen LogP contribution in [0.5, 0.6) is 5.75 Å². The van der Waals surface area contributed by atoms with Gasteiger partial charge in [0, 0.05) is 29.1 Å². The lowest BCUT2D eigenvalue weighted by Crippen LogP contribution is -2.02. The van der Waals surface area contributed by atoms with Gasteiger partial charge in [0.05, 0.1) is 4.92 Å². The van der Waals surface area contributed by atoms with Crippen LogP contribution in [0.25, 0.3) is 0 Å². The lowest BCUT2D eigenvalue weighted by Gasteiger charge is -1.91. The average molecular weight is 184 g/mol. The third kappa shape index (κ3) is 2.44. The highest BCUT2D eigenvalue weighted by Gasteiger charge is 2.12. The summed E-state index contributed by atoms with van der Waals surface area (Å²) < 4.78 is 4.35. The number of carbonyl (C=O) groups is 1. The van der Waals surface area contributed by atoms with Gasteiger partial charge in [0.2, 0.25) is 5.75 Å². The van der Waals surface area contributed by atoms with Crippen molar-refractivity contribution in [3.63, 3.8) is 0 Å². The van der Waals surface area contributed by atoms with E-state index in [1.165, 1.54) is 24.3 Å². The van der Waals surface area contributed by atoms with Crippen LogP contribution in [0.2, 0.25) is 0 Å². The number of hydrogen-bond acceptors (Lipinski definition) is 4. The maximum Gasteiger partial charge on any atom is 0.731 e. The van der Waals surface area contributed by atoms with Gasteiger partial charge in [0.15, 0.2) is 0 Å². The normalized spacial score (nSPS) is 9.23. The molecule has 1 rings (SSSR count). The molecule has 13 heavy (non-hydrogen) atoms. The van der Waals surface area contributed by atoms with Crippen LogP contribution in [0, 0.1) is 10.1 Å². The van der Waals surface area contributed by atoms with E-state index in [1.807, 2.05) is 0 Å². The van der Waals surface area contributed by atoms with E-state index in [4.69, 9.17) is 5.11 Å². The van der Waals surface area contributed by atoms with Crippen LogP contribution in [0.4, 0.5) is 10.5 Å². The number of ether oxygens (including phenoxy) is 1. The molecule has 0 spiro atoms. The van der Waals surface area contributed by atoms with Gasteiger partial charge in [-0.3, -0.25) is 14.9 Å². The minimum atomic E-state index is -1.20. The number of nitrogens with zero attached hydrogens (tertiary/aromatic N) is 1. The lowest BCUT2D eigenvalue weighted by atomic mass is 10.3. The molecule has 2 N–H and O–H groups in total. The minimum absolute atomic E-state index is 0.0928. The summed E-state index contributed by atoms with van der Waals surface area (Å²) in [5, 5.41) is 16.7. The molecule has 0 saturated carbocycles. The first-order valence-electron chi connectivity index (χ1n) is 3.27. The monoisotopic (exact) mass is 184 g/mol. The zero-order valence-electron chi connectivity index (χ0n) is 6.39. The molecule has 6 nitrogen and oxygen atoms in total. The Hall–Kier alpha value is -2.11. The van der Waals surface area contributed by atoms with Crippen molar-refractivity contribution in [1.82, 2.24) is 0 Å². The van der Waals surface area contributed by atoms with Gasteiger partial charge in [-0.05, 0) is 0 Å². The van der Waals surface area contributed by atoms with E-state index < -0.39 is 11.1 Å². The van der Waals surface area contributed by atoms with E-state index in [1.54, 1.807) is 0 Å². The van der Waals surface area contributed by atoms with Crippen LogP contribution < -0.4 is 4.74 Å². The van der Waals surface area contributed by atoms with Gasteiger partial charge < -0.3 is 5.11 Å². The Morgan fingerprint density at radius 3 is 2.31 bits per heavy atom. The van der Waals surface area contributed by atoms with Gasteiger partial charge in [-0.25, -0.2) is 0 Å². The number of hydrogen-bond donors (Lipinski definition) is 0. The fourth-order valence-corrected chi connectivity index (χ4v) is 0.743. The Morgan fingerprint density at radius 1 is 1.38 bits per heavy atom. The van der Waals surface area contributed by atoms with Gasteiger partial charge in [-0.2, -0.15) is 0 Å². The Kier molecular flexibility index (Phi) is 2.44. The number of nitro benzene ring substituents is 1. The van der Waals surface area contributed by atoms with Crippen molar-refractivity contribution in [2.75, 3.05) is 0 Å². The highest BCUT2D eigenvalue weighted by atomic mass is 16.7. The van der Waals surface area contributed by atoms with Gasteiger partial charge in [-0.15, -0.1) is 0 Å². The van der Waals surface area contributed by atoms with E-state index in [0.29, 0.717) is 0 Å². The Balaban J connectivity index is 2.81. The Morgan fingerprint density at radius 2 is 1.92 bits per heavy atom. The second kappa shape index (κ2) is 3.53. The van der Waals surface area contributed by atoms with E-state index in [9.17, 15) is 14.9 Å². The molecule has 0 amide bonds. The summed E-state index contributed by atoms with van der Waals surface area (Å²) in [6.07, 6.45) is -1.20. The fraction of sp³-hybridized carbons (Fsp3) is 0. The third-order valence-corrected chi connectivity index (χ3v) is 1.26. The van der Waals surface area contributed by atoms with Crippen LogP contribution in [0.15, 0.2) is 24.3 Å². The molecule has 0 aliphatic carbocycles. The molecule has 0 saturated heterocycles. The topological polar surface area (TPSA) is 92.3 Å². The van der Waals surface area contributed by atoms with Crippen molar-refractivity contribution in [1.29, 1.82) is 0 Å². The van der Waals surface area contributed by atoms with Crippen molar-refractivity contribution in [3.05, 3.63) is 34.4 Å². The van der Waals surface area contributed by atoms with Gasteiger partial charge in [0.1, 0.15) is 0 Å². The van der Waals surface area contributed by atoms with Crippen molar-refractivity contribution in [2.24, 2.45) is 0 Å². The average Bonchev–Trinajstić information content (AvgIpc) is 2.04. The van der Waals surface area contributed by atoms with E-state index in [2.05, 4.69) is 4.74 Å². The first-order valence-corrected chi connectivity index (χ1v) is 3.27. The van der Waals surface area contributed by atoms with Crippen LogP contribution in [0.1, 0.15) is 0 Å². The highest BCUT2D eigenvalue weighted by molar-refractivity contribution is 5.61. The molecule has 0 bridgehead atoms. The molecule has 6 heteroatoms. The van der Waals surface area contributed by atoms with Crippen LogP contribution in [0.3, 0.4) is 0 Å². The van der Waals surface area contributed by atoms with Gasteiger partial charge >= 0.3 is 6.16 Å². The molecule has 0 aliphatic rings. The Bertz CT molecular complexity index is 331. The number of rotatable bonds is 2. The van der Waals surface area contributed by atoms with E-state index >= 15 is 0 Å². The molecule has 1 aromatic rings. The standard InChI is InChI=1S/C7H5NO5/c9-7(10)13-6-3-1-5(2-4-6)8(11)12/h1-4H,(H,9,10)/p+1. The second-order valence-corrected chi connectivity index (χ2v) is 2.14. The van der Waals surface area contributed by atoms with E-state index in [-0.39, 0.29) is 11.4 Å². The highest BCUT2D eigenvalue weighted by Crippen LogP contribution is 2.17. The third-order valence-electron chi connectivity index (χ3n) is 1.26. The maximum atomic E-state index is 10.2. The summed E-state index contributed by atoms with van der Waals surface area (Å²) in [6, 6.07) is 4.89. The molecule has 0 aromatic heterocycles. The number of carbonyl (C=O) groups excluding carboxylic acids is 1. The smallest absolute Gasteiger partial charge is 0.535 e. The zero-order valence-corrected chi connectivity index (χ0v) is 6.39. The molecule has 68 valence electrons. The van der Waals surface area contributed by atoms with Crippen LogP contribution >= 0.6 is 0 Å². The molecule has 1 aromatic carbocycles. The maximum absolute atomic E-state index is 10.2. The summed E-state index contributed by atoms with van der Waals surface area (Å²) in [5.41, 5.74) is -0.0928. The fourth-order valence-electron chi connectivity index (χ4n) is 0.743. The molecule has 0 aliphatic heterocycles. The molecular weight excluding hydrogens is 178 g/mol. The van der Waals surface area contributed by atoms with Crippen molar-refractivity contribution in [2.45, 2.75) is 0 Å². The van der Waals surface area contributed by atoms with Gasteiger partial charge in [-0.1, -0.05) is 0 Å². The molecular formula is C7H6NO5+. The Labute approximate surface area is 72.5 Å². The molecule has 0 atom stereocenters. The summed E-state index contributed by atoms with van der Waals surface area (Å²) in [6.45, 7) is 0. The zero-order chi connectivity index (χ0) is 9.84. The molecule has 0 radical (unpaired) electrons. The summed E-state index contributed by atoms with van der Waals surface area (Å²) >= 11 is 0. The first kappa shape index (κ1) is 8.98. The minimum Gasteiger partial charge on any atom is -0.535 e. The largest absolute Gasteiger partial charge is 0.731 e. The lowest BCUT2D eigenvalue weighted by molar-refractivity contribution is -0.384. The van der Waals surface area contributed by atoms with Crippen molar-refractivity contribution >= 4 is 11.8 Å².